The summed E-state index contributed by atoms with van der Waals surface area (Å²) in [4.78, 5) is 15.2. The van der Waals surface area contributed by atoms with Crippen LogP contribution in [0.1, 0.15) is 41.2 Å². The molecule has 2 aromatic rings. The molecule has 0 saturated carbocycles. The molecule has 6 heteroatoms. The molecule has 0 radical (unpaired) electrons. The Bertz CT molecular complexity index is 836. The molecule has 0 unspecified atom stereocenters. The van der Waals surface area contributed by atoms with Crippen molar-refractivity contribution in [2.24, 2.45) is 0 Å². The van der Waals surface area contributed by atoms with E-state index in [-0.39, 0.29) is 11.9 Å². The molecular weight excluding hydrogens is 376 g/mol. The van der Waals surface area contributed by atoms with Crippen molar-refractivity contribution in [3.63, 3.8) is 0 Å². The third kappa shape index (κ3) is 4.26. The van der Waals surface area contributed by atoms with E-state index in [0.717, 1.165) is 30.1 Å². The number of nitrogens with zero attached hydrogens (tertiary/aromatic N) is 1. The van der Waals surface area contributed by atoms with Gasteiger partial charge in [-0.15, -0.1) is 0 Å². The molecule has 1 N–H and O–H groups in total. The standard InChI is InChI=1S/C22H25ClN2O3/c23-18-7-2-1-6-17(18)19(25-10-3-4-11-25)15-24-22(26)16-8-9-20-21(14-16)28-13-5-12-27-20/h1-2,6-9,14,19H,3-5,10-13,15H2,(H,24,26)/t19-/m0/s1. The van der Waals surface area contributed by atoms with Crippen LogP contribution in [-0.4, -0.2) is 43.7 Å². The van der Waals surface area contributed by atoms with Gasteiger partial charge in [-0.05, 0) is 55.8 Å². The number of likely N-dealkylation sites (tertiary alicyclic amines) is 1. The van der Waals surface area contributed by atoms with Gasteiger partial charge in [0.1, 0.15) is 0 Å². The Hall–Kier alpha value is -2.24. The van der Waals surface area contributed by atoms with Gasteiger partial charge in [0.2, 0.25) is 0 Å². The van der Waals surface area contributed by atoms with Gasteiger partial charge in [-0.25, -0.2) is 0 Å². The predicted octanol–water partition coefficient (Wildman–Crippen LogP) is 4.07. The number of carbonyl (C=O) groups excluding carboxylic acids is 1. The minimum Gasteiger partial charge on any atom is -0.490 e. The summed E-state index contributed by atoms with van der Waals surface area (Å²) in [7, 11) is 0. The molecule has 28 heavy (non-hydrogen) atoms. The Morgan fingerprint density at radius 2 is 1.79 bits per heavy atom. The first kappa shape index (κ1) is 19.1. The summed E-state index contributed by atoms with van der Waals surface area (Å²) in [5.74, 6) is 1.21. The average Bonchev–Trinajstić information content (AvgIpc) is 3.14. The molecule has 2 aliphatic heterocycles. The van der Waals surface area contributed by atoms with Crippen molar-refractivity contribution >= 4 is 17.5 Å². The second-order valence-electron chi connectivity index (χ2n) is 7.20. The second kappa shape index (κ2) is 8.84. The fraction of sp³-hybridized carbons (Fsp3) is 0.409. The molecule has 148 valence electrons. The van der Waals surface area contributed by atoms with Crippen molar-refractivity contribution in [3.05, 3.63) is 58.6 Å². The van der Waals surface area contributed by atoms with Gasteiger partial charge in [0, 0.05) is 23.6 Å². The summed E-state index contributed by atoms with van der Waals surface area (Å²) in [6, 6.07) is 13.3. The first-order valence-corrected chi connectivity index (χ1v) is 10.3. The molecule has 1 saturated heterocycles. The Morgan fingerprint density at radius 1 is 1.04 bits per heavy atom. The third-order valence-corrected chi connectivity index (χ3v) is 5.66. The lowest BCUT2D eigenvalue weighted by Gasteiger charge is -2.29. The molecule has 1 amide bonds. The smallest absolute Gasteiger partial charge is 0.251 e. The van der Waals surface area contributed by atoms with Gasteiger partial charge in [-0.2, -0.15) is 0 Å². The maximum Gasteiger partial charge on any atom is 0.251 e. The van der Waals surface area contributed by atoms with Gasteiger partial charge in [0.25, 0.3) is 5.91 Å². The highest BCUT2D eigenvalue weighted by Crippen LogP contribution is 2.31. The number of benzene rings is 2. The van der Waals surface area contributed by atoms with E-state index in [0.29, 0.717) is 36.8 Å². The van der Waals surface area contributed by atoms with E-state index in [1.165, 1.54) is 12.8 Å². The maximum atomic E-state index is 12.8. The van der Waals surface area contributed by atoms with Gasteiger partial charge in [0.05, 0.1) is 19.3 Å². The fourth-order valence-corrected chi connectivity index (χ4v) is 4.09. The largest absolute Gasteiger partial charge is 0.490 e. The van der Waals surface area contributed by atoms with Crippen molar-refractivity contribution in [1.29, 1.82) is 0 Å². The molecule has 1 fully saturated rings. The predicted molar refractivity (Wildman–Crippen MR) is 109 cm³/mol. The molecule has 2 aliphatic rings. The normalized spacial score (nSPS) is 17.8. The highest BCUT2D eigenvalue weighted by molar-refractivity contribution is 6.31. The first-order chi connectivity index (χ1) is 13.7. The lowest BCUT2D eigenvalue weighted by atomic mass is 10.0. The number of nitrogens with one attached hydrogen (secondary N) is 1. The van der Waals surface area contributed by atoms with E-state index in [4.69, 9.17) is 21.1 Å². The van der Waals surface area contributed by atoms with Crippen molar-refractivity contribution in [3.8, 4) is 11.5 Å². The SMILES string of the molecule is O=C(NC[C@@H](c1ccccc1Cl)N1CCCC1)c1ccc2c(c1)OCCCO2. The van der Waals surface area contributed by atoms with Crippen LogP contribution < -0.4 is 14.8 Å². The van der Waals surface area contributed by atoms with E-state index in [1.807, 2.05) is 30.3 Å². The maximum absolute atomic E-state index is 12.8. The number of carbonyl (C=O) groups is 1. The van der Waals surface area contributed by atoms with Crippen molar-refractivity contribution in [1.82, 2.24) is 10.2 Å². The topological polar surface area (TPSA) is 50.8 Å². The van der Waals surface area contributed by atoms with Crippen LogP contribution in [-0.2, 0) is 0 Å². The Kier molecular flexibility index (Phi) is 6.03. The van der Waals surface area contributed by atoms with E-state index >= 15 is 0 Å². The van der Waals surface area contributed by atoms with Gasteiger partial charge in [0.15, 0.2) is 11.5 Å². The molecule has 1 atom stereocenters. The average molecular weight is 401 g/mol. The lowest BCUT2D eigenvalue weighted by Crippen LogP contribution is -2.37. The van der Waals surface area contributed by atoms with Crippen molar-refractivity contribution in [2.75, 3.05) is 32.8 Å². The summed E-state index contributed by atoms with van der Waals surface area (Å²) >= 11 is 6.45. The first-order valence-electron chi connectivity index (χ1n) is 9.89. The van der Waals surface area contributed by atoms with Crippen LogP contribution in [0.4, 0.5) is 0 Å². The molecule has 5 nitrogen and oxygen atoms in total. The van der Waals surface area contributed by atoms with E-state index in [1.54, 1.807) is 12.1 Å². The number of hydrogen-bond donors (Lipinski definition) is 1. The van der Waals surface area contributed by atoms with Crippen LogP contribution >= 0.6 is 11.6 Å². The van der Waals surface area contributed by atoms with Crippen LogP contribution in [0.15, 0.2) is 42.5 Å². The summed E-state index contributed by atoms with van der Waals surface area (Å²) < 4.78 is 11.3. The molecule has 0 spiro atoms. The molecule has 4 rings (SSSR count). The molecule has 2 heterocycles. The van der Waals surface area contributed by atoms with Crippen LogP contribution in [0.25, 0.3) is 0 Å². The minimum absolute atomic E-state index is 0.0700. The lowest BCUT2D eigenvalue weighted by molar-refractivity contribution is 0.0937. The monoisotopic (exact) mass is 400 g/mol. The Labute approximate surface area is 170 Å². The van der Waals surface area contributed by atoms with Crippen molar-refractivity contribution < 1.29 is 14.3 Å². The zero-order valence-electron chi connectivity index (χ0n) is 15.8. The summed E-state index contributed by atoms with van der Waals surface area (Å²) in [6.45, 7) is 3.79. The van der Waals surface area contributed by atoms with E-state index in [2.05, 4.69) is 10.2 Å². The van der Waals surface area contributed by atoms with Crippen LogP contribution in [0.3, 0.4) is 0 Å². The molecule has 0 aliphatic carbocycles. The minimum atomic E-state index is -0.119. The number of amides is 1. The zero-order valence-corrected chi connectivity index (χ0v) is 16.6. The fourth-order valence-electron chi connectivity index (χ4n) is 3.83. The molecule has 0 bridgehead atoms. The quantitative estimate of drug-likeness (QED) is 0.822. The van der Waals surface area contributed by atoms with Gasteiger partial charge in [-0.3, -0.25) is 9.69 Å². The Balaban J connectivity index is 1.48. The Morgan fingerprint density at radius 3 is 2.57 bits per heavy atom. The third-order valence-electron chi connectivity index (χ3n) is 5.31. The second-order valence-corrected chi connectivity index (χ2v) is 7.61. The highest BCUT2D eigenvalue weighted by Gasteiger charge is 2.26. The van der Waals surface area contributed by atoms with E-state index < -0.39 is 0 Å². The van der Waals surface area contributed by atoms with Crippen LogP contribution in [0, 0.1) is 0 Å². The summed E-state index contributed by atoms with van der Waals surface area (Å²) in [5.41, 5.74) is 1.63. The summed E-state index contributed by atoms with van der Waals surface area (Å²) in [6.07, 6.45) is 3.19. The zero-order chi connectivity index (χ0) is 19.3. The number of fused-ring (bicyclic) bond motifs is 1. The number of ether oxygens (including phenoxy) is 2. The number of halogens is 1. The highest BCUT2D eigenvalue weighted by atomic mass is 35.5. The van der Waals surface area contributed by atoms with Crippen molar-refractivity contribution in [2.45, 2.75) is 25.3 Å². The number of rotatable bonds is 5. The van der Waals surface area contributed by atoms with Gasteiger partial charge < -0.3 is 14.8 Å². The summed E-state index contributed by atoms with van der Waals surface area (Å²) in [5, 5.41) is 3.83. The van der Waals surface area contributed by atoms with Crippen LogP contribution in [0.5, 0.6) is 11.5 Å². The number of hydrogen-bond acceptors (Lipinski definition) is 4. The van der Waals surface area contributed by atoms with Gasteiger partial charge in [-0.1, -0.05) is 29.8 Å². The van der Waals surface area contributed by atoms with Crippen LogP contribution in [0.2, 0.25) is 5.02 Å². The molecule has 2 aromatic carbocycles. The van der Waals surface area contributed by atoms with E-state index in [9.17, 15) is 4.79 Å². The molecule has 0 aromatic heterocycles. The molecular formula is C22H25ClN2O3. The van der Waals surface area contributed by atoms with Gasteiger partial charge >= 0.3 is 0 Å².